The highest BCUT2D eigenvalue weighted by Crippen LogP contribution is 2.25. The van der Waals surface area contributed by atoms with Crippen LogP contribution in [0.4, 0.5) is 5.69 Å². The average molecular weight is 390 g/mol. The van der Waals surface area contributed by atoms with Crippen molar-refractivity contribution in [3.8, 4) is 5.75 Å². The van der Waals surface area contributed by atoms with E-state index in [0.717, 1.165) is 16.1 Å². The van der Waals surface area contributed by atoms with E-state index in [2.05, 4.69) is 10.3 Å². The van der Waals surface area contributed by atoms with E-state index < -0.39 is 0 Å². The first-order valence-electron chi connectivity index (χ1n) is 8.07. The van der Waals surface area contributed by atoms with Gasteiger partial charge in [0.1, 0.15) is 17.1 Å². The Hall–Kier alpha value is -2.32. The number of hydrogen-bond donors (Lipinski definition) is 1. The molecular weight excluding hydrogens is 370 g/mol. The van der Waals surface area contributed by atoms with Crippen LogP contribution in [0.1, 0.15) is 11.8 Å². The number of methoxy groups -OCH3 is 1. The minimum Gasteiger partial charge on any atom is -0.495 e. The Balaban J connectivity index is 1.93. The first kappa shape index (κ1) is 18.5. The monoisotopic (exact) mass is 389 g/mol. The number of aromatic nitrogens is 2. The Morgan fingerprint density at radius 3 is 2.85 bits per heavy atom. The molecule has 26 heavy (non-hydrogen) atoms. The number of ether oxygens (including phenoxy) is 1. The quantitative estimate of drug-likeness (QED) is 0.517. The molecule has 136 valence electrons. The fourth-order valence-corrected chi connectivity index (χ4v) is 4.16. The molecule has 0 fully saturated rings. The summed E-state index contributed by atoms with van der Waals surface area (Å²) >= 11 is 2.87. The number of carbonyl (C=O) groups excluding carboxylic acids is 1. The second kappa shape index (κ2) is 7.92. The molecule has 8 heteroatoms. The number of benzene rings is 1. The summed E-state index contributed by atoms with van der Waals surface area (Å²) in [6, 6.07) is 9.02. The Morgan fingerprint density at radius 2 is 2.15 bits per heavy atom. The first-order chi connectivity index (χ1) is 12.6. The van der Waals surface area contributed by atoms with E-state index in [1.54, 1.807) is 19.2 Å². The van der Waals surface area contributed by atoms with Gasteiger partial charge in [0.15, 0.2) is 5.16 Å². The van der Waals surface area contributed by atoms with Crippen LogP contribution in [0.25, 0.3) is 10.2 Å². The molecule has 0 saturated carbocycles. The van der Waals surface area contributed by atoms with Gasteiger partial charge >= 0.3 is 0 Å². The topological polar surface area (TPSA) is 73.2 Å². The van der Waals surface area contributed by atoms with Gasteiger partial charge in [0.05, 0.1) is 18.2 Å². The Morgan fingerprint density at radius 1 is 1.38 bits per heavy atom. The highest BCUT2D eigenvalue weighted by Gasteiger charge is 2.16. The predicted octanol–water partition coefficient (Wildman–Crippen LogP) is 3.39. The lowest BCUT2D eigenvalue weighted by molar-refractivity contribution is -0.116. The van der Waals surface area contributed by atoms with Gasteiger partial charge in [0.25, 0.3) is 5.56 Å². The largest absolute Gasteiger partial charge is 0.495 e. The number of nitrogens with zero attached hydrogens (tertiary/aromatic N) is 2. The second-order valence-electron chi connectivity index (χ2n) is 5.52. The standard InChI is InChI=1S/C18H19N3O3S2/c1-4-11-9-12-16(26-11)20-18(25-3)21(17(12)23)10-15(22)19-13-7-5-6-8-14(13)24-2/h5-9H,4,10H2,1-3H3,(H,19,22). The van der Waals surface area contributed by atoms with Crippen molar-refractivity contribution in [3.05, 3.63) is 45.6 Å². The molecule has 0 aliphatic rings. The number of anilines is 1. The molecule has 2 aromatic heterocycles. The summed E-state index contributed by atoms with van der Waals surface area (Å²) in [7, 11) is 1.54. The number of carbonyl (C=O) groups is 1. The number of thioether (sulfide) groups is 1. The van der Waals surface area contributed by atoms with E-state index in [-0.39, 0.29) is 18.0 Å². The Kier molecular flexibility index (Phi) is 5.63. The number of rotatable bonds is 6. The van der Waals surface area contributed by atoms with E-state index in [1.807, 2.05) is 31.4 Å². The summed E-state index contributed by atoms with van der Waals surface area (Å²) in [4.78, 5) is 31.7. The van der Waals surface area contributed by atoms with E-state index in [1.165, 1.54) is 27.7 Å². The maximum Gasteiger partial charge on any atom is 0.263 e. The van der Waals surface area contributed by atoms with Crippen molar-refractivity contribution in [1.29, 1.82) is 0 Å². The van der Waals surface area contributed by atoms with E-state index in [9.17, 15) is 9.59 Å². The lowest BCUT2D eigenvalue weighted by Gasteiger charge is -2.12. The van der Waals surface area contributed by atoms with Gasteiger partial charge in [-0.3, -0.25) is 14.2 Å². The lowest BCUT2D eigenvalue weighted by atomic mass is 10.3. The van der Waals surface area contributed by atoms with Gasteiger partial charge < -0.3 is 10.1 Å². The van der Waals surface area contributed by atoms with Gasteiger partial charge in [0, 0.05) is 4.88 Å². The highest BCUT2D eigenvalue weighted by atomic mass is 32.2. The molecule has 0 radical (unpaired) electrons. The van der Waals surface area contributed by atoms with Crippen molar-refractivity contribution in [2.24, 2.45) is 0 Å². The number of hydrogen-bond acceptors (Lipinski definition) is 6. The molecule has 0 atom stereocenters. The van der Waals surface area contributed by atoms with Crippen molar-refractivity contribution < 1.29 is 9.53 Å². The van der Waals surface area contributed by atoms with Crippen LogP contribution < -0.4 is 15.6 Å². The number of thiophene rings is 1. The zero-order chi connectivity index (χ0) is 18.7. The zero-order valence-electron chi connectivity index (χ0n) is 14.7. The van der Waals surface area contributed by atoms with E-state index >= 15 is 0 Å². The van der Waals surface area contributed by atoms with Crippen molar-refractivity contribution in [3.63, 3.8) is 0 Å². The number of para-hydroxylation sites is 2. The third-order valence-electron chi connectivity index (χ3n) is 3.88. The van der Waals surface area contributed by atoms with E-state index in [0.29, 0.717) is 22.0 Å². The molecule has 2 heterocycles. The van der Waals surface area contributed by atoms with Crippen molar-refractivity contribution in [2.75, 3.05) is 18.7 Å². The van der Waals surface area contributed by atoms with Gasteiger partial charge in [-0.25, -0.2) is 4.98 Å². The van der Waals surface area contributed by atoms with Crippen molar-refractivity contribution in [2.45, 2.75) is 25.0 Å². The summed E-state index contributed by atoms with van der Waals surface area (Å²) in [5, 5.41) is 3.89. The first-order valence-corrected chi connectivity index (χ1v) is 10.1. The zero-order valence-corrected chi connectivity index (χ0v) is 16.4. The van der Waals surface area contributed by atoms with Gasteiger partial charge in [-0.1, -0.05) is 30.8 Å². The van der Waals surface area contributed by atoms with Crippen molar-refractivity contribution in [1.82, 2.24) is 9.55 Å². The summed E-state index contributed by atoms with van der Waals surface area (Å²) < 4.78 is 6.66. The molecule has 0 spiro atoms. The Labute approximate surface area is 159 Å². The predicted molar refractivity (Wildman–Crippen MR) is 107 cm³/mol. The second-order valence-corrected chi connectivity index (χ2v) is 7.41. The highest BCUT2D eigenvalue weighted by molar-refractivity contribution is 7.98. The maximum atomic E-state index is 12.9. The summed E-state index contributed by atoms with van der Waals surface area (Å²) in [5.41, 5.74) is 0.377. The summed E-state index contributed by atoms with van der Waals surface area (Å²) in [6.45, 7) is 1.94. The molecule has 6 nitrogen and oxygen atoms in total. The molecule has 0 aliphatic carbocycles. The van der Waals surface area contributed by atoms with Crippen LogP contribution in [0.15, 0.2) is 40.3 Å². The van der Waals surface area contributed by atoms with Crippen LogP contribution in [-0.2, 0) is 17.8 Å². The van der Waals surface area contributed by atoms with Crippen LogP contribution in [0.2, 0.25) is 0 Å². The molecule has 3 aromatic rings. The average Bonchev–Trinajstić information content (AvgIpc) is 3.07. The molecule has 1 amide bonds. The third-order valence-corrected chi connectivity index (χ3v) is 5.73. The van der Waals surface area contributed by atoms with Gasteiger partial charge in [-0.05, 0) is 30.9 Å². The smallest absolute Gasteiger partial charge is 0.263 e. The molecule has 0 aliphatic heterocycles. The van der Waals surface area contributed by atoms with Crippen LogP contribution in [0, 0.1) is 0 Å². The number of fused-ring (bicyclic) bond motifs is 1. The van der Waals surface area contributed by atoms with Gasteiger partial charge in [0.2, 0.25) is 5.91 Å². The van der Waals surface area contributed by atoms with Crippen LogP contribution in [0.3, 0.4) is 0 Å². The molecule has 0 bridgehead atoms. The molecule has 0 saturated heterocycles. The third kappa shape index (κ3) is 3.61. The van der Waals surface area contributed by atoms with Gasteiger partial charge in [-0.2, -0.15) is 0 Å². The van der Waals surface area contributed by atoms with E-state index in [4.69, 9.17) is 4.74 Å². The molecule has 1 aromatic carbocycles. The fraction of sp³-hybridized carbons (Fsp3) is 0.278. The summed E-state index contributed by atoms with van der Waals surface area (Å²) in [6.07, 6.45) is 2.69. The minimum atomic E-state index is -0.306. The maximum absolute atomic E-state index is 12.9. The molecule has 3 rings (SSSR count). The van der Waals surface area contributed by atoms with Gasteiger partial charge in [-0.15, -0.1) is 11.3 Å². The SMILES string of the molecule is CCc1cc2c(=O)n(CC(=O)Nc3ccccc3OC)c(SC)nc2s1. The van der Waals surface area contributed by atoms with Crippen LogP contribution in [-0.4, -0.2) is 28.8 Å². The number of aryl methyl sites for hydroxylation is 1. The normalized spacial score (nSPS) is 10.9. The lowest BCUT2D eigenvalue weighted by Crippen LogP contribution is -2.29. The van der Waals surface area contributed by atoms with Crippen molar-refractivity contribution >= 4 is 44.9 Å². The molecular formula is C18H19N3O3S2. The Bertz CT molecular complexity index is 1010. The van der Waals surface area contributed by atoms with Crippen LogP contribution >= 0.6 is 23.1 Å². The molecule has 0 unspecified atom stereocenters. The number of amides is 1. The van der Waals surface area contributed by atoms with Crippen LogP contribution in [0.5, 0.6) is 5.75 Å². The molecule has 1 N–H and O–H groups in total. The number of nitrogens with one attached hydrogen (secondary N) is 1. The fourth-order valence-electron chi connectivity index (χ4n) is 2.60. The minimum absolute atomic E-state index is 0.104. The summed E-state index contributed by atoms with van der Waals surface area (Å²) in [5.74, 6) is 0.260.